The highest BCUT2D eigenvalue weighted by molar-refractivity contribution is 9.10. The number of hydrogen-bond donors (Lipinski definition) is 1. The van der Waals surface area contributed by atoms with Crippen LogP contribution in [-0.2, 0) is 27.3 Å². The molecule has 0 saturated heterocycles. The number of ether oxygens (including phenoxy) is 1. The van der Waals surface area contributed by atoms with Crippen molar-refractivity contribution in [3.63, 3.8) is 0 Å². The number of nitrogens with zero attached hydrogens (tertiary/aromatic N) is 1. The van der Waals surface area contributed by atoms with Crippen LogP contribution in [0.2, 0.25) is 0 Å². The highest BCUT2D eigenvalue weighted by atomic mass is 79.9. The smallest absolute Gasteiger partial charge is 0.343 e. The van der Waals surface area contributed by atoms with Crippen molar-refractivity contribution in [3.05, 3.63) is 64.1 Å². The highest BCUT2D eigenvalue weighted by Gasteiger charge is 2.57. The highest BCUT2D eigenvalue weighted by Crippen LogP contribution is 2.42. The lowest BCUT2D eigenvalue weighted by Crippen LogP contribution is -2.59. The van der Waals surface area contributed by atoms with Gasteiger partial charge in [0.25, 0.3) is 0 Å². The number of benzene rings is 2. The summed E-state index contributed by atoms with van der Waals surface area (Å²) in [6.45, 7) is 0.302. The molecule has 0 aliphatic carbocycles. The molecule has 1 heterocycles. The number of anilines is 1. The largest absolute Gasteiger partial charge is 0.479 e. The Morgan fingerprint density at radius 3 is 2.58 bits per heavy atom. The number of methoxy groups -OCH3 is 1. The van der Waals surface area contributed by atoms with E-state index in [2.05, 4.69) is 15.9 Å². The molecule has 0 spiro atoms. The van der Waals surface area contributed by atoms with Gasteiger partial charge in [-0.2, -0.15) is 0 Å². The molecule has 124 valence electrons. The van der Waals surface area contributed by atoms with Crippen LogP contribution < -0.4 is 4.90 Å². The number of aliphatic carboxylic acids is 1. The van der Waals surface area contributed by atoms with Gasteiger partial charge >= 0.3 is 11.9 Å². The predicted octanol–water partition coefficient (Wildman–Crippen LogP) is 3.01. The van der Waals surface area contributed by atoms with Gasteiger partial charge in [-0.15, -0.1) is 0 Å². The van der Waals surface area contributed by atoms with Crippen LogP contribution in [0.15, 0.2) is 53.0 Å². The Labute approximate surface area is 148 Å². The van der Waals surface area contributed by atoms with E-state index in [4.69, 9.17) is 4.74 Å². The zero-order valence-corrected chi connectivity index (χ0v) is 14.6. The fourth-order valence-electron chi connectivity index (χ4n) is 3.15. The molecule has 3 rings (SSSR count). The van der Waals surface area contributed by atoms with Crippen molar-refractivity contribution < 1.29 is 19.4 Å². The Balaban J connectivity index is 2.14. The summed E-state index contributed by atoms with van der Waals surface area (Å²) in [5.41, 5.74) is 0.694. The molecule has 5 nitrogen and oxygen atoms in total. The maximum atomic E-state index is 12.5. The summed E-state index contributed by atoms with van der Waals surface area (Å²) in [4.78, 5) is 26.2. The summed E-state index contributed by atoms with van der Waals surface area (Å²) >= 11 is 3.40. The Bertz CT molecular complexity index is 793. The van der Waals surface area contributed by atoms with Crippen molar-refractivity contribution >= 4 is 33.6 Å². The number of carboxylic acids is 1. The summed E-state index contributed by atoms with van der Waals surface area (Å²) in [6, 6.07) is 15.0. The number of hydrogen-bond acceptors (Lipinski definition) is 4. The summed E-state index contributed by atoms with van der Waals surface area (Å²) in [5, 5.41) is 9.90. The van der Waals surface area contributed by atoms with Crippen molar-refractivity contribution in [1.82, 2.24) is 0 Å². The SMILES string of the molecule is COC(=O)C1(C(=O)O)Cc2cc(Br)ccc2N1Cc1ccccc1. The second-order valence-electron chi connectivity index (χ2n) is 5.68. The average Bonchev–Trinajstić information content (AvgIpc) is 2.89. The maximum Gasteiger partial charge on any atom is 0.343 e. The number of halogens is 1. The molecule has 6 heteroatoms. The minimum atomic E-state index is -1.76. The molecular weight excluding hydrogens is 374 g/mol. The number of carbonyl (C=O) groups excluding carboxylic acids is 1. The number of carbonyl (C=O) groups is 2. The van der Waals surface area contributed by atoms with E-state index < -0.39 is 17.5 Å². The molecule has 1 aliphatic heterocycles. The van der Waals surface area contributed by atoms with Crippen LogP contribution in [0.1, 0.15) is 11.1 Å². The van der Waals surface area contributed by atoms with E-state index in [9.17, 15) is 14.7 Å². The van der Waals surface area contributed by atoms with E-state index in [-0.39, 0.29) is 6.42 Å². The lowest BCUT2D eigenvalue weighted by molar-refractivity contribution is -0.158. The number of rotatable bonds is 4. The molecule has 0 aromatic heterocycles. The third kappa shape index (κ3) is 2.57. The van der Waals surface area contributed by atoms with Crippen molar-refractivity contribution in [3.8, 4) is 0 Å². The molecule has 0 fully saturated rings. The van der Waals surface area contributed by atoms with Gasteiger partial charge in [0, 0.05) is 23.1 Å². The van der Waals surface area contributed by atoms with Gasteiger partial charge in [0.05, 0.1) is 7.11 Å². The van der Waals surface area contributed by atoms with Gasteiger partial charge in [0.15, 0.2) is 0 Å². The fourth-order valence-corrected chi connectivity index (χ4v) is 3.56. The predicted molar refractivity (Wildman–Crippen MR) is 92.9 cm³/mol. The van der Waals surface area contributed by atoms with E-state index in [0.29, 0.717) is 6.54 Å². The van der Waals surface area contributed by atoms with E-state index in [1.54, 1.807) is 4.90 Å². The van der Waals surface area contributed by atoms with Crippen LogP contribution in [0.3, 0.4) is 0 Å². The number of fused-ring (bicyclic) bond motifs is 1. The van der Waals surface area contributed by atoms with Crippen molar-refractivity contribution in [2.75, 3.05) is 12.0 Å². The van der Waals surface area contributed by atoms with Crippen LogP contribution >= 0.6 is 15.9 Å². The molecule has 1 unspecified atom stereocenters. The van der Waals surface area contributed by atoms with E-state index in [1.165, 1.54) is 7.11 Å². The molecule has 1 atom stereocenters. The first kappa shape index (κ1) is 16.5. The van der Waals surface area contributed by atoms with Crippen molar-refractivity contribution in [2.24, 2.45) is 0 Å². The standard InChI is InChI=1S/C18H16BrNO4/c1-24-17(23)18(16(21)22)10-13-9-14(19)7-8-15(13)20(18)11-12-5-3-2-4-6-12/h2-9H,10-11H2,1H3,(H,21,22). The molecule has 24 heavy (non-hydrogen) atoms. The summed E-state index contributed by atoms with van der Waals surface area (Å²) in [7, 11) is 1.21. The second kappa shape index (κ2) is 6.28. The summed E-state index contributed by atoms with van der Waals surface area (Å²) in [6.07, 6.45) is 0.0661. The number of esters is 1. The molecule has 2 aromatic carbocycles. The topological polar surface area (TPSA) is 66.8 Å². The van der Waals surface area contributed by atoms with Gasteiger partial charge in [-0.05, 0) is 29.3 Å². The molecular formula is C18H16BrNO4. The fraction of sp³-hybridized carbons (Fsp3) is 0.222. The lowest BCUT2D eigenvalue weighted by atomic mass is 9.93. The van der Waals surface area contributed by atoms with Crippen LogP contribution in [-0.4, -0.2) is 29.7 Å². The second-order valence-corrected chi connectivity index (χ2v) is 6.59. The molecule has 0 radical (unpaired) electrons. The monoisotopic (exact) mass is 389 g/mol. The molecule has 1 aliphatic rings. The minimum absolute atomic E-state index is 0.0661. The van der Waals surface area contributed by atoms with Gasteiger partial charge in [-0.3, -0.25) is 0 Å². The first-order valence-corrected chi connectivity index (χ1v) is 8.20. The quantitative estimate of drug-likeness (QED) is 0.642. The van der Waals surface area contributed by atoms with Gasteiger partial charge in [0.2, 0.25) is 5.54 Å². The first-order chi connectivity index (χ1) is 11.5. The Hall–Kier alpha value is -2.34. The third-order valence-electron chi connectivity index (χ3n) is 4.30. The molecule has 1 N–H and O–H groups in total. The van der Waals surface area contributed by atoms with Crippen LogP contribution in [0.5, 0.6) is 0 Å². The summed E-state index contributed by atoms with van der Waals surface area (Å²) < 4.78 is 5.69. The first-order valence-electron chi connectivity index (χ1n) is 7.41. The Morgan fingerprint density at radius 1 is 1.25 bits per heavy atom. The Kier molecular flexibility index (Phi) is 4.32. The maximum absolute atomic E-state index is 12.5. The molecule has 0 amide bonds. The molecule has 0 bridgehead atoms. The van der Waals surface area contributed by atoms with Crippen LogP contribution in [0, 0.1) is 0 Å². The minimum Gasteiger partial charge on any atom is -0.479 e. The van der Waals surface area contributed by atoms with Gasteiger partial charge in [0.1, 0.15) is 0 Å². The normalized spacial score (nSPS) is 19.0. The van der Waals surface area contributed by atoms with E-state index in [1.807, 2.05) is 48.5 Å². The van der Waals surface area contributed by atoms with E-state index in [0.717, 1.165) is 21.3 Å². The van der Waals surface area contributed by atoms with Gasteiger partial charge in [-0.1, -0.05) is 46.3 Å². The molecule has 0 saturated carbocycles. The number of carboxylic acid groups (broad SMARTS) is 1. The molecule has 2 aromatic rings. The van der Waals surface area contributed by atoms with Crippen LogP contribution in [0.4, 0.5) is 5.69 Å². The van der Waals surface area contributed by atoms with Crippen molar-refractivity contribution in [1.29, 1.82) is 0 Å². The average molecular weight is 390 g/mol. The van der Waals surface area contributed by atoms with Crippen LogP contribution in [0.25, 0.3) is 0 Å². The Morgan fingerprint density at radius 2 is 1.96 bits per heavy atom. The van der Waals surface area contributed by atoms with Gasteiger partial charge < -0.3 is 14.7 Å². The lowest BCUT2D eigenvalue weighted by Gasteiger charge is -2.34. The van der Waals surface area contributed by atoms with E-state index >= 15 is 0 Å². The summed E-state index contributed by atoms with van der Waals surface area (Å²) in [5.74, 6) is -1.98. The zero-order valence-electron chi connectivity index (χ0n) is 13.0. The van der Waals surface area contributed by atoms with Gasteiger partial charge in [-0.25, -0.2) is 9.59 Å². The third-order valence-corrected chi connectivity index (χ3v) is 4.79. The zero-order chi connectivity index (χ0) is 17.3. The van der Waals surface area contributed by atoms with Crippen molar-refractivity contribution in [2.45, 2.75) is 18.5 Å².